The summed E-state index contributed by atoms with van der Waals surface area (Å²) in [6.45, 7) is 6.45. The molecule has 0 atom stereocenters. The summed E-state index contributed by atoms with van der Waals surface area (Å²) in [6, 6.07) is 11.2. The van der Waals surface area contributed by atoms with Crippen LogP contribution in [0, 0.1) is 0 Å². The van der Waals surface area contributed by atoms with Crippen LogP contribution in [0.1, 0.15) is 32.2 Å². The van der Waals surface area contributed by atoms with Gasteiger partial charge in [-0.05, 0) is 42.3 Å². The lowest BCUT2D eigenvalue weighted by Crippen LogP contribution is -2.30. The highest BCUT2D eigenvalue weighted by Crippen LogP contribution is 2.27. The molecular formula is C20H24N4O4S. The van der Waals surface area contributed by atoms with Crippen LogP contribution in [0.15, 0.2) is 51.8 Å². The molecule has 4 N–H and O–H groups in total. The Kier molecular flexibility index (Phi) is 5.63. The van der Waals surface area contributed by atoms with Crippen molar-refractivity contribution in [2.24, 2.45) is 5.14 Å². The second-order valence-corrected chi connectivity index (χ2v) is 9.33. The molecule has 0 radical (unpaired) electrons. The third kappa shape index (κ3) is 5.33. The summed E-state index contributed by atoms with van der Waals surface area (Å²) < 4.78 is 28.3. The molecule has 2 aromatic carbocycles. The van der Waals surface area contributed by atoms with E-state index in [9.17, 15) is 13.2 Å². The molecule has 0 aliphatic rings. The summed E-state index contributed by atoms with van der Waals surface area (Å²) in [4.78, 5) is 16.7. The number of aromatic nitrogens is 1. The van der Waals surface area contributed by atoms with Crippen LogP contribution in [-0.4, -0.2) is 26.0 Å². The van der Waals surface area contributed by atoms with Crippen molar-refractivity contribution < 1.29 is 17.6 Å². The van der Waals surface area contributed by atoms with Gasteiger partial charge in [-0.15, -0.1) is 0 Å². The topological polar surface area (TPSA) is 127 Å². The van der Waals surface area contributed by atoms with E-state index in [4.69, 9.17) is 9.56 Å². The Bertz CT molecular complexity index is 1130. The Labute approximate surface area is 169 Å². The molecule has 0 unspecified atom stereocenters. The number of urea groups is 1. The number of hydrogen-bond donors (Lipinski definition) is 3. The Balaban J connectivity index is 1.55. The molecule has 0 bridgehead atoms. The first kappa shape index (κ1) is 20.8. The van der Waals surface area contributed by atoms with E-state index in [1.807, 2.05) is 20.8 Å². The van der Waals surface area contributed by atoms with E-state index in [1.165, 1.54) is 12.1 Å². The number of nitrogens with one attached hydrogen (secondary N) is 2. The fourth-order valence-electron chi connectivity index (χ4n) is 2.67. The van der Waals surface area contributed by atoms with Gasteiger partial charge < -0.3 is 15.1 Å². The van der Waals surface area contributed by atoms with Crippen molar-refractivity contribution in [3.05, 3.63) is 53.9 Å². The number of anilines is 1. The van der Waals surface area contributed by atoms with E-state index in [-0.39, 0.29) is 16.3 Å². The molecule has 2 amide bonds. The van der Waals surface area contributed by atoms with Crippen LogP contribution in [0.5, 0.6) is 0 Å². The Hall–Kier alpha value is -2.91. The maximum Gasteiger partial charge on any atom is 0.319 e. The van der Waals surface area contributed by atoms with Crippen molar-refractivity contribution >= 4 is 32.8 Å². The lowest BCUT2D eigenvalue weighted by Gasteiger charge is -2.11. The van der Waals surface area contributed by atoms with E-state index in [1.54, 1.807) is 30.3 Å². The zero-order valence-corrected chi connectivity index (χ0v) is 17.3. The van der Waals surface area contributed by atoms with Crippen LogP contribution in [0.3, 0.4) is 0 Å². The summed E-state index contributed by atoms with van der Waals surface area (Å²) in [5, 5.41) is 10.6. The maximum atomic E-state index is 12.1. The zero-order chi connectivity index (χ0) is 21.2. The standard InChI is InChI=1S/C20H24N4O4S/c1-20(2,3)18-24-16-12-14(6-9-17(16)28-18)23-19(25)22-11-10-13-4-7-15(8-5-13)29(21,26)27/h4-9,12H,10-11H2,1-3H3,(H2,21,26,27)(H2,22,23,25). The average molecular weight is 417 g/mol. The van der Waals surface area contributed by atoms with Crippen molar-refractivity contribution in [1.82, 2.24) is 10.3 Å². The Morgan fingerprint density at radius 1 is 1.14 bits per heavy atom. The summed E-state index contributed by atoms with van der Waals surface area (Å²) >= 11 is 0. The molecule has 3 rings (SSSR count). The molecule has 1 aromatic heterocycles. The average Bonchev–Trinajstić information content (AvgIpc) is 3.05. The van der Waals surface area contributed by atoms with Gasteiger partial charge in [-0.2, -0.15) is 0 Å². The zero-order valence-electron chi connectivity index (χ0n) is 16.5. The molecule has 0 aliphatic heterocycles. The maximum absolute atomic E-state index is 12.1. The van der Waals surface area contributed by atoms with Crippen LogP contribution in [0.25, 0.3) is 11.1 Å². The van der Waals surface area contributed by atoms with Gasteiger partial charge >= 0.3 is 6.03 Å². The monoisotopic (exact) mass is 416 g/mol. The molecular weight excluding hydrogens is 392 g/mol. The number of primary sulfonamides is 1. The number of oxazole rings is 1. The van der Waals surface area contributed by atoms with Crippen LogP contribution < -0.4 is 15.8 Å². The fourth-order valence-corrected chi connectivity index (χ4v) is 3.18. The van der Waals surface area contributed by atoms with Crippen LogP contribution >= 0.6 is 0 Å². The van der Waals surface area contributed by atoms with Crippen LogP contribution in [-0.2, 0) is 21.9 Å². The van der Waals surface area contributed by atoms with E-state index in [0.29, 0.717) is 35.6 Å². The van der Waals surface area contributed by atoms with E-state index >= 15 is 0 Å². The molecule has 29 heavy (non-hydrogen) atoms. The Morgan fingerprint density at radius 3 is 2.45 bits per heavy atom. The smallest absolute Gasteiger partial charge is 0.319 e. The number of fused-ring (bicyclic) bond motifs is 1. The first-order valence-corrected chi connectivity index (χ1v) is 10.6. The third-order valence-electron chi connectivity index (χ3n) is 4.24. The predicted molar refractivity (Wildman–Crippen MR) is 111 cm³/mol. The van der Waals surface area contributed by atoms with Gasteiger partial charge in [0.15, 0.2) is 5.58 Å². The third-order valence-corrected chi connectivity index (χ3v) is 5.17. The molecule has 0 saturated heterocycles. The number of hydrogen-bond acceptors (Lipinski definition) is 5. The minimum absolute atomic E-state index is 0.0600. The van der Waals surface area contributed by atoms with Gasteiger partial charge in [0.05, 0.1) is 4.90 Å². The van der Waals surface area contributed by atoms with Crippen molar-refractivity contribution in [3.8, 4) is 0 Å². The lowest BCUT2D eigenvalue weighted by atomic mass is 9.97. The fraction of sp³-hybridized carbons (Fsp3) is 0.300. The highest BCUT2D eigenvalue weighted by atomic mass is 32.2. The Morgan fingerprint density at radius 2 is 1.83 bits per heavy atom. The van der Waals surface area contributed by atoms with Crippen LogP contribution in [0.4, 0.5) is 10.5 Å². The van der Waals surface area contributed by atoms with Crippen molar-refractivity contribution in [2.75, 3.05) is 11.9 Å². The van der Waals surface area contributed by atoms with Crippen LogP contribution in [0.2, 0.25) is 0 Å². The minimum atomic E-state index is -3.70. The SMILES string of the molecule is CC(C)(C)c1nc2cc(NC(=O)NCCc3ccc(S(N)(=O)=O)cc3)ccc2o1. The summed E-state index contributed by atoms with van der Waals surface area (Å²) in [7, 11) is -3.70. The number of sulfonamides is 1. The van der Waals surface area contributed by atoms with Crippen molar-refractivity contribution in [2.45, 2.75) is 37.5 Å². The lowest BCUT2D eigenvalue weighted by molar-refractivity contribution is 0.252. The number of carbonyl (C=O) groups excluding carboxylic acids is 1. The summed E-state index contributed by atoms with van der Waals surface area (Å²) in [6.07, 6.45) is 0.551. The summed E-state index contributed by atoms with van der Waals surface area (Å²) in [5.74, 6) is 0.641. The van der Waals surface area contributed by atoms with Gasteiger partial charge in [0, 0.05) is 17.6 Å². The number of nitrogens with two attached hydrogens (primary N) is 1. The van der Waals surface area contributed by atoms with E-state index in [2.05, 4.69) is 15.6 Å². The van der Waals surface area contributed by atoms with E-state index in [0.717, 1.165) is 5.56 Å². The molecule has 0 saturated carbocycles. The van der Waals surface area contributed by atoms with Gasteiger partial charge in [0.1, 0.15) is 5.52 Å². The first-order valence-electron chi connectivity index (χ1n) is 9.10. The number of rotatable bonds is 5. The second kappa shape index (κ2) is 7.84. The molecule has 1 heterocycles. The van der Waals surface area contributed by atoms with Gasteiger partial charge in [0.25, 0.3) is 0 Å². The normalized spacial score (nSPS) is 12.1. The number of nitrogens with zero attached hydrogens (tertiary/aromatic N) is 1. The molecule has 0 fully saturated rings. The molecule has 8 nitrogen and oxygen atoms in total. The quantitative estimate of drug-likeness (QED) is 0.589. The van der Waals surface area contributed by atoms with Gasteiger partial charge in [-0.25, -0.2) is 23.3 Å². The molecule has 9 heteroatoms. The van der Waals surface area contributed by atoms with Gasteiger partial charge in [-0.1, -0.05) is 32.9 Å². The predicted octanol–water partition coefficient (Wildman–Crippen LogP) is 3.14. The molecule has 0 spiro atoms. The number of amides is 2. The second-order valence-electron chi connectivity index (χ2n) is 7.77. The number of carbonyl (C=O) groups is 1. The van der Waals surface area contributed by atoms with Crippen molar-refractivity contribution in [3.63, 3.8) is 0 Å². The van der Waals surface area contributed by atoms with Crippen molar-refractivity contribution in [1.29, 1.82) is 0 Å². The first-order chi connectivity index (χ1) is 13.5. The number of benzene rings is 2. The van der Waals surface area contributed by atoms with Gasteiger partial charge in [0.2, 0.25) is 15.9 Å². The molecule has 154 valence electrons. The summed E-state index contributed by atoms with van der Waals surface area (Å²) in [5.41, 5.74) is 2.65. The molecule has 0 aliphatic carbocycles. The highest BCUT2D eigenvalue weighted by Gasteiger charge is 2.21. The highest BCUT2D eigenvalue weighted by molar-refractivity contribution is 7.89. The minimum Gasteiger partial charge on any atom is -0.440 e. The van der Waals surface area contributed by atoms with E-state index < -0.39 is 10.0 Å². The largest absolute Gasteiger partial charge is 0.440 e. The molecule has 3 aromatic rings. The van der Waals surface area contributed by atoms with Gasteiger partial charge in [-0.3, -0.25) is 0 Å².